The van der Waals surface area contributed by atoms with E-state index in [1.54, 1.807) is 0 Å². The number of hydrogen-bond acceptors (Lipinski definition) is 3. The highest BCUT2D eigenvalue weighted by molar-refractivity contribution is 14.0. The summed E-state index contributed by atoms with van der Waals surface area (Å²) in [5.41, 5.74) is 1.36. The summed E-state index contributed by atoms with van der Waals surface area (Å²) in [7, 11) is 6.40. The SMILES string of the molecule is CCNC(=NCC1(N(C)C)CCOCC1)N(C)Cc1ccc(Br)cc1.I. The van der Waals surface area contributed by atoms with Crippen molar-refractivity contribution in [1.29, 1.82) is 0 Å². The van der Waals surface area contributed by atoms with Crippen LogP contribution >= 0.6 is 39.9 Å². The van der Waals surface area contributed by atoms with Crippen molar-refractivity contribution in [3.8, 4) is 0 Å². The average Bonchev–Trinajstić information content (AvgIpc) is 2.61. The highest BCUT2D eigenvalue weighted by Crippen LogP contribution is 2.26. The van der Waals surface area contributed by atoms with Gasteiger partial charge in [-0.3, -0.25) is 4.99 Å². The van der Waals surface area contributed by atoms with Crippen molar-refractivity contribution in [2.75, 3.05) is 47.4 Å². The summed E-state index contributed by atoms with van der Waals surface area (Å²) in [6.45, 7) is 6.23. The largest absolute Gasteiger partial charge is 0.381 e. The van der Waals surface area contributed by atoms with Crippen molar-refractivity contribution in [1.82, 2.24) is 15.1 Å². The lowest BCUT2D eigenvalue weighted by molar-refractivity contribution is -0.00262. The van der Waals surface area contributed by atoms with Crippen LogP contribution in [0.2, 0.25) is 0 Å². The minimum absolute atomic E-state index is 0. The molecule has 0 amide bonds. The van der Waals surface area contributed by atoms with Crippen molar-refractivity contribution in [3.05, 3.63) is 34.3 Å². The molecule has 2 rings (SSSR count). The number of likely N-dealkylation sites (N-methyl/N-ethyl adjacent to an activating group) is 1. The monoisotopic (exact) mass is 538 g/mol. The van der Waals surface area contributed by atoms with Gasteiger partial charge in [0.25, 0.3) is 0 Å². The van der Waals surface area contributed by atoms with Gasteiger partial charge in [0.2, 0.25) is 0 Å². The molecule has 1 heterocycles. The first-order chi connectivity index (χ1) is 12.0. The topological polar surface area (TPSA) is 40.1 Å². The maximum Gasteiger partial charge on any atom is 0.194 e. The van der Waals surface area contributed by atoms with Crippen LogP contribution in [-0.2, 0) is 11.3 Å². The van der Waals surface area contributed by atoms with Gasteiger partial charge in [0, 0.05) is 43.4 Å². The highest BCUT2D eigenvalue weighted by atomic mass is 127. The number of hydrogen-bond donors (Lipinski definition) is 1. The molecule has 1 fully saturated rings. The standard InChI is InChI=1S/C19H31BrN4O.HI/c1-5-21-18(24(4)14-16-6-8-17(20)9-7-16)22-15-19(23(2)3)10-12-25-13-11-19;/h6-9H,5,10-15H2,1-4H3,(H,21,22);1H. The van der Waals surface area contributed by atoms with Gasteiger partial charge in [-0.25, -0.2) is 0 Å². The third kappa shape index (κ3) is 6.65. The number of aliphatic imine (C=N–C) groups is 1. The molecule has 0 atom stereocenters. The Balaban J connectivity index is 0.00000338. The number of rotatable bonds is 6. The van der Waals surface area contributed by atoms with Crippen molar-refractivity contribution in [2.24, 2.45) is 4.99 Å². The molecule has 1 aromatic rings. The van der Waals surface area contributed by atoms with Crippen molar-refractivity contribution in [2.45, 2.75) is 31.8 Å². The molecule has 26 heavy (non-hydrogen) atoms. The minimum Gasteiger partial charge on any atom is -0.381 e. The maximum atomic E-state index is 5.56. The molecule has 0 saturated carbocycles. The molecule has 0 radical (unpaired) electrons. The second-order valence-corrected chi connectivity index (χ2v) is 7.80. The summed E-state index contributed by atoms with van der Waals surface area (Å²) < 4.78 is 6.66. The van der Waals surface area contributed by atoms with Crippen LogP contribution in [0, 0.1) is 0 Å². The van der Waals surface area contributed by atoms with Crippen molar-refractivity contribution in [3.63, 3.8) is 0 Å². The van der Waals surface area contributed by atoms with Crippen LogP contribution in [0.1, 0.15) is 25.3 Å². The summed E-state index contributed by atoms with van der Waals surface area (Å²) in [6, 6.07) is 8.44. The van der Waals surface area contributed by atoms with Gasteiger partial charge in [0.15, 0.2) is 5.96 Å². The number of guanidine groups is 1. The van der Waals surface area contributed by atoms with Gasteiger partial charge in [-0.15, -0.1) is 24.0 Å². The minimum atomic E-state index is 0. The lowest BCUT2D eigenvalue weighted by atomic mass is 9.89. The molecule has 1 aromatic carbocycles. The molecule has 0 aliphatic carbocycles. The average molecular weight is 539 g/mol. The predicted molar refractivity (Wildman–Crippen MR) is 123 cm³/mol. The lowest BCUT2D eigenvalue weighted by Gasteiger charge is -2.42. The normalized spacial score (nSPS) is 16.9. The molecule has 1 aliphatic rings. The summed E-state index contributed by atoms with van der Waals surface area (Å²) in [6.07, 6.45) is 2.05. The van der Waals surface area contributed by atoms with E-state index in [9.17, 15) is 0 Å². The highest BCUT2D eigenvalue weighted by Gasteiger charge is 2.34. The van der Waals surface area contributed by atoms with Crippen LogP contribution < -0.4 is 5.32 Å². The van der Waals surface area contributed by atoms with E-state index < -0.39 is 0 Å². The van der Waals surface area contributed by atoms with Crippen LogP contribution in [0.5, 0.6) is 0 Å². The first kappa shape index (κ1) is 23.7. The van der Waals surface area contributed by atoms with E-state index in [-0.39, 0.29) is 29.5 Å². The quantitative estimate of drug-likeness (QED) is 0.341. The fraction of sp³-hybridized carbons (Fsp3) is 0.632. The zero-order chi connectivity index (χ0) is 18.3. The van der Waals surface area contributed by atoms with E-state index in [0.717, 1.165) is 56.1 Å². The summed E-state index contributed by atoms with van der Waals surface area (Å²) in [4.78, 5) is 9.48. The molecule has 1 aliphatic heterocycles. The van der Waals surface area contributed by atoms with Gasteiger partial charge in [-0.1, -0.05) is 28.1 Å². The van der Waals surface area contributed by atoms with Gasteiger partial charge in [0.1, 0.15) is 0 Å². The van der Waals surface area contributed by atoms with Gasteiger partial charge in [-0.2, -0.15) is 0 Å². The van der Waals surface area contributed by atoms with Crippen molar-refractivity contribution >= 4 is 45.9 Å². The molecule has 7 heteroatoms. The molecule has 1 N–H and O–H groups in total. The first-order valence-corrected chi connectivity index (χ1v) is 9.75. The maximum absolute atomic E-state index is 5.56. The zero-order valence-electron chi connectivity index (χ0n) is 16.3. The van der Waals surface area contributed by atoms with Gasteiger partial charge in [0.05, 0.1) is 6.54 Å². The third-order valence-electron chi connectivity index (χ3n) is 4.92. The Morgan fingerprint density at radius 3 is 2.35 bits per heavy atom. The van der Waals surface area contributed by atoms with Gasteiger partial charge < -0.3 is 19.9 Å². The predicted octanol–water partition coefficient (Wildman–Crippen LogP) is 3.58. The molecular weight excluding hydrogens is 507 g/mol. The Morgan fingerprint density at radius 1 is 1.19 bits per heavy atom. The fourth-order valence-electron chi connectivity index (χ4n) is 3.13. The van der Waals surface area contributed by atoms with E-state index in [0.29, 0.717) is 0 Å². The van der Waals surface area contributed by atoms with Gasteiger partial charge in [-0.05, 0) is 51.6 Å². The second-order valence-electron chi connectivity index (χ2n) is 6.88. The number of nitrogens with zero attached hydrogens (tertiary/aromatic N) is 3. The van der Waals surface area contributed by atoms with Crippen LogP contribution in [0.15, 0.2) is 33.7 Å². The molecule has 5 nitrogen and oxygen atoms in total. The Bertz CT molecular complexity index is 559. The lowest BCUT2D eigenvalue weighted by Crippen LogP contribution is -2.51. The number of ether oxygens (including phenoxy) is 1. The molecule has 0 spiro atoms. The Labute approximate surface area is 183 Å². The molecule has 0 unspecified atom stereocenters. The van der Waals surface area contributed by atoms with Crippen molar-refractivity contribution < 1.29 is 4.74 Å². The zero-order valence-corrected chi connectivity index (χ0v) is 20.2. The number of benzene rings is 1. The smallest absolute Gasteiger partial charge is 0.194 e. The molecule has 1 saturated heterocycles. The molecule has 148 valence electrons. The van der Waals surface area contributed by atoms with Crippen LogP contribution in [-0.4, -0.2) is 68.7 Å². The summed E-state index contributed by atoms with van der Waals surface area (Å²) >= 11 is 3.49. The van der Waals surface area contributed by atoms with Crippen LogP contribution in [0.3, 0.4) is 0 Å². The van der Waals surface area contributed by atoms with E-state index in [4.69, 9.17) is 9.73 Å². The Hall–Kier alpha value is -0.380. The van der Waals surface area contributed by atoms with E-state index >= 15 is 0 Å². The van der Waals surface area contributed by atoms with E-state index in [2.05, 4.69) is 83.4 Å². The summed E-state index contributed by atoms with van der Waals surface area (Å²) in [5.74, 6) is 0.957. The third-order valence-corrected chi connectivity index (χ3v) is 5.45. The molecule has 0 aromatic heterocycles. The van der Waals surface area contributed by atoms with Gasteiger partial charge >= 0.3 is 0 Å². The number of nitrogens with one attached hydrogen (secondary N) is 1. The Kier molecular flexibility index (Phi) is 10.4. The fourth-order valence-corrected chi connectivity index (χ4v) is 3.39. The summed E-state index contributed by atoms with van der Waals surface area (Å²) in [5, 5.41) is 3.43. The first-order valence-electron chi connectivity index (χ1n) is 8.96. The Morgan fingerprint density at radius 2 is 1.81 bits per heavy atom. The number of halogens is 2. The van der Waals surface area contributed by atoms with E-state index in [1.807, 2.05) is 0 Å². The van der Waals surface area contributed by atoms with Crippen LogP contribution in [0.25, 0.3) is 0 Å². The van der Waals surface area contributed by atoms with Crippen LogP contribution in [0.4, 0.5) is 0 Å². The van der Waals surface area contributed by atoms with E-state index in [1.165, 1.54) is 5.56 Å². The molecular formula is C19H32BrIN4O. The molecule has 0 bridgehead atoms. The second kappa shape index (κ2) is 11.5.